The van der Waals surface area contributed by atoms with Crippen LogP contribution in [0.25, 0.3) is 10.9 Å². The number of benzene rings is 2. The van der Waals surface area contributed by atoms with Gasteiger partial charge < -0.3 is 15.0 Å². The summed E-state index contributed by atoms with van der Waals surface area (Å²) in [5, 5.41) is 10.6. The van der Waals surface area contributed by atoms with Crippen LogP contribution in [0.1, 0.15) is 13.8 Å². The minimum atomic E-state index is -0.921. The molecule has 1 heterocycles. The van der Waals surface area contributed by atoms with E-state index in [0.717, 1.165) is 16.4 Å². The van der Waals surface area contributed by atoms with Crippen molar-refractivity contribution in [3.8, 4) is 0 Å². The highest BCUT2D eigenvalue weighted by atomic mass is 16.3. The Morgan fingerprint density at radius 2 is 1.96 bits per heavy atom. The highest BCUT2D eigenvalue weighted by Gasteiger charge is 2.20. The minimum absolute atomic E-state index is 0.359. The molecule has 3 aromatic rings. The summed E-state index contributed by atoms with van der Waals surface area (Å²) >= 11 is 0. The van der Waals surface area contributed by atoms with Crippen molar-refractivity contribution < 1.29 is 6.52 Å². The highest BCUT2D eigenvalue weighted by Crippen LogP contribution is 2.28. The van der Waals surface area contributed by atoms with Gasteiger partial charge in [0, 0.05) is 11.4 Å². The second kappa shape index (κ2) is 5.85. The quantitative estimate of drug-likeness (QED) is 0.777. The van der Waals surface area contributed by atoms with E-state index in [-0.39, 0.29) is 0 Å². The zero-order valence-corrected chi connectivity index (χ0v) is 13.1. The van der Waals surface area contributed by atoms with Gasteiger partial charge in [0.1, 0.15) is 0 Å². The monoisotopic (exact) mass is 310 g/mol. The molecule has 3 rings (SSSR count). The fourth-order valence-corrected chi connectivity index (χ4v) is 2.52. The third-order valence-corrected chi connectivity index (χ3v) is 3.51. The van der Waals surface area contributed by atoms with E-state index < -0.39 is 11.2 Å². The Bertz CT molecular complexity index is 917. The third kappa shape index (κ3) is 3.40. The molecule has 0 radical (unpaired) electrons. The van der Waals surface area contributed by atoms with E-state index in [2.05, 4.69) is 4.98 Å². The summed E-state index contributed by atoms with van der Waals surface area (Å²) in [4.78, 5) is 19.0. The van der Waals surface area contributed by atoms with Gasteiger partial charge in [0.25, 0.3) is 5.56 Å². The van der Waals surface area contributed by atoms with Crippen LogP contribution in [0.2, 0.25) is 1.41 Å². The molecule has 0 bridgehead atoms. The molecule has 2 N–H and O–H groups in total. The lowest BCUT2D eigenvalue weighted by Crippen LogP contribution is -2.36. The van der Waals surface area contributed by atoms with Crippen LogP contribution in [-0.4, -0.2) is 27.2 Å². The van der Waals surface area contributed by atoms with Crippen LogP contribution in [-0.2, 0) is 0 Å². The molecule has 5 heteroatoms. The first-order valence-electron chi connectivity index (χ1n) is 7.85. The average molecular weight is 310 g/mol. The number of para-hydroxylation sites is 1. The molecule has 1 aromatic heterocycles. The van der Waals surface area contributed by atoms with Gasteiger partial charge >= 0.3 is 0 Å². The second-order valence-corrected chi connectivity index (χ2v) is 6.11. The first-order chi connectivity index (χ1) is 11.3. The van der Waals surface area contributed by atoms with Gasteiger partial charge in [-0.3, -0.25) is 4.79 Å². The number of anilines is 2. The molecule has 23 heavy (non-hydrogen) atoms. The maximum atomic E-state index is 12.2. The van der Waals surface area contributed by atoms with E-state index in [4.69, 9.17) is 1.41 Å². The van der Waals surface area contributed by atoms with Crippen LogP contribution in [0.3, 0.4) is 0 Å². The van der Waals surface area contributed by atoms with Crippen LogP contribution < -0.4 is 10.5 Å². The zero-order chi connectivity index (χ0) is 17.3. The van der Waals surface area contributed by atoms with Crippen molar-refractivity contribution >= 4 is 22.3 Å². The number of rotatable bonds is 4. The Labute approximate surface area is 135 Å². The molecule has 5 nitrogen and oxygen atoms in total. The van der Waals surface area contributed by atoms with Crippen LogP contribution in [0.4, 0.5) is 11.4 Å². The van der Waals surface area contributed by atoms with Gasteiger partial charge in [-0.05, 0) is 44.2 Å². The zero-order valence-electron chi connectivity index (χ0n) is 14.1. The van der Waals surface area contributed by atoms with Crippen molar-refractivity contribution in [1.82, 2.24) is 9.96 Å². The van der Waals surface area contributed by atoms with Crippen LogP contribution in [0.5, 0.6) is 0 Å². The standard InChI is InChI=1S/C18H19N3O2/c1-18(2,23)11-21(13-6-4-3-5-7-13)14-8-9-16-15(10-14)17(22)20-12-19-16/h3-10,12,23H,11H2,1-2H3,(H,19,20,22)/i/hD. The first kappa shape index (κ1) is 14.0. The van der Waals surface area contributed by atoms with Crippen LogP contribution in [0.15, 0.2) is 59.7 Å². The molecule has 0 saturated heterocycles. The summed E-state index contributed by atoms with van der Waals surface area (Å²) in [6.45, 7) is 3.84. The summed E-state index contributed by atoms with van der Waals surface area (Å²) < 4.78 is 7.58. The Kier molecular flexibility index (Phi) is 3.55. The fraction of sp³-hybridized carbons (Fsp3) is 0.222. The Morgan fingerprint density at radius 1 is 1.22 bits per heavy atom. The largest absolute Gasteiger partial charge is 0.389 e. The molecule has 0 amide bonds. The molecule has 0 aliphatic rings. The Balaban J connectivity index is 2.15. The van der Waals surface area contributed by atoms with Crippen LogP contribution in [0, 0.1) is 0 Å². The van der Waals surface area contributed by atoms with E-state index in [1.165, 1.54) is 6.33 Å². The summed E-state index contributed by atoms with van der Waals surface area (Å²) in [5.41, 5.74) is 0.881. The molecular weight excluding hydrogens is 290 g/mol. The minimum Gasteiger partial charge on any atom is -0.389 e. The summed E-state index contributed by atoms with van der Waals surface area (Å²) in [7, 11) is 0. The first-order valence-corrected chi connectivity index (χ1v) is 7.41. The lowest BCUT2D eigenvalue weighted by atomic mass is 10.1. The van der Waals surface area contributed by atoms with Gasteiger partial charge in [0.2, 0.25) is 0 Å². The van der Waals surface area contributed by atoms with Crippen molar-refractivity contribution in [2.75, 3.05) is 11.4 Å². The molecule has 2 aromatic carbocycles. The van der Waals surface area contributed by atoms with Gasteiger partial charge in [-0.2, -0.15) is 0 Å². The van der Waals surface area contributed by atoms with Crippen molar-refractivity contribution in [3.63, 3.8) is 0 Å². The number of fused-ring (bicyclic) bond motifs is 1. The summed E-state index contributed by atoms with van der Waals surface area (Å²) in [6.07, 6.45) is 1.19. The average Bonchev–Trinajstić information content (AvgIpc) is 2.56. The molecule has 0 aliphatic heterocycles. The molecule has 0 unspecified atom stereocenters. The number of hydrogen-bond donors (Lipinski definition) is 2. The number of nitrogens with zero attached hydrogens (tertiary/aromatic N) is 2. The lowest BCUT2D eigenvalue weighted by Gasteiger charge is -2.31. The second-order valence-electron chi connectivity index (χ2n) is 6.11. The molecule has 0 saturated carbocycles. The SMILES string of the molecule is [2H]n1cnc2ccc(N(CC(C)(C)O)c3ccccc3)cc2c1=O. The van der Waals surface area contributed by atoms with E-state index in [1.54, 1.807) is 26.0 Å². The lowest BCUT2D eigenvalue weighted by molar-refractivity contribution is 0.0898. The maximum absolute atomic E-state index is 12.2. The van der Waals surface area contributed by atoms with Crippen LogP contribution >= 0.6 is 0 Å². The number of H-pyrrole nitrogens is 1. The van der Waals surface area contributed by atoms with Gasteiger partial charge in [0.15, 0.2) is 1.41 Å². The number of hydrogen-bond acceptors (Lipinski definition) is 4. The number of aromatic nitrogens is 2. The number of aromatic amines is 1. The van der Waals surface area contributed by atoms with Crippen molar-refractivity contribution in [1.29, 1.82) is 0 Å². The number of nitrogens with one attached hydrogen (secondary N) is 1. The maximum Gasteiger partial charge on any atom is 0.258 e. The van der Waals surface area contributed by atoms with E-state index in [9.17, 15) is 9.90 Å². The van der Waals surface area contributed by atoms with Gasteiger partial charge in [-0.15, -0.1) is 0 Å². The van der Waals surface area contributed by atoms with E-state index >= 15 is 0 Å². The Morgan fingerprint density at radius 3 is 2.65 bits per heavy atom. The molecule has 0 aliphatic carbocycles. The van der Waals surface area contributed by atoms with E-state index in [1.807, 2.05) is 41.3 Å². The molecular formula is C18H19N3O2. The molecule has 0 atom stereocenters. The smallest absolute Gasteiger partial charge is 0.258 e. The highest BCUT2D eigenvalue weighted by molar-refractivity contribution is 5.83. The van der Waals surface area contributed by atoms with Crippen molar-refractivity contribution in [3.05, 3.63) is 65.2 Å². The summed E-state index contributed by atoms with van der Waals surface area (Å²) in [5.74, 6) is 0. The third-order valence-electron chi connectivity index (χ3n) is 3.51. The topological polar surface area (TPSA) is 69.2 Å². The Hall–Kier alpha value is -2.66. The van der Waals surface area contributed by atoms with E-state index in [0.29, 0.717) is 17.4 Å². The van der Waals surface area contributed by atoms with Gasteiger partial charge in [-0.1, -0.05) is 18.2 Å². The molecule has 0 fully saturated rings. The van der Waals surface area contributed by atoms with Gasteiger partial charge in [0.05, 0.1) is 29.4 Å². The summed E-state index contributed by atoms with van der Waals surface area (Å²) in [6, 6.07) is 15.0. The molecule has 0 spiro atoms. The predicted octanol–water partition coefficient (Wildman–Crippen LogP) is 2.83. The fourth-order valence-electron chi connectivity index (χ4n) is 2.52. The normalized spacial score (nSPS) is 12.2. The predicted molar refractivity (Wildman–Crippen MR) is 92.1 cm³/mol. The number of aliphatic hydroxyl groups is 1. The van der Waals surface area contributed by atoms with Crippen molar-refractivity contribution in [2.24, 2.45) is 0 Å². The molecule has 118 valence electrons. The van der Waals surface area contributed by atoms with Gasteiger partial charge in [-0.25, -0.2) is 4.98 Å². The van der Waals surface area contributed by atoms with Crippen molar-refractivity contribution in [2.45, 2.75) is 19.4 Å².